The van der Waals surface area contributed by atoms with Crippen LogP contribution in [0.5, 0.6) is 0 Å². The molecule has 6 rings (SSSR count). The van der Waals surface area contributed by atoms with Gasteiger partial charge >= 0.3 is 0 Å². The lowest BCUT2D eigenvalue weighted by atomic mass is 10.0. The average molecular weight is 473 g/mol. The van der Waals surface area contributed by atoms with Crippen LogP contribution in [0.3, 0.4) is 0 Å². The summed E-state index contributed by atoms with van der Waals surface area (Å²) < 4.78 is 13.8. The lowest BCUT2D eigenvalue weighted by Gasteiger charge is -2.31. The molecule has 5 aromatic rings. The molecule has 0 radical (unpaired) electrons. The van der Waals surface area contributed by atoms with Crippen molar-refractivity contribution in [1.82, 2.24) is 24.0 Å². The van der Waals surface area contributed by atoms with Crippen molar-refractivity contribution in [3.8, 4) is 22.5 Å². The van der Waals surface area contributed by atoms with Crippen LogP contribution in [0, 0.1) is 0 Å². The molecule has 1 aromatic carbocycles. The van der Waals surface area contributed by atoms with Crippen molar-refractivity contribution in [3.05, 3.63) is 49.1 Å². The van der Waals surface area contributed by atoms with Crippen molar-refractivity contribution < 1.29 is 9.21 Å². The molecule has 5 heterocycles. The highest BCUT2D eigenvalue weighted by Crippen LogP contribution is 2.40. The molecule has 1 aliphatic rings. The molecule has 0 spiro atoms. The summed E-state index contributed by atoms with van der Waals surface area (Å²) in [5.74, 6) is 1.63. The number of hydrogen-bond acceptors (Lipinski definition) is 7. The average Bonchev–Trinajstić information content (AvgIpc) is 3.62. The van der Waals surface area contributed by atoms with Gasteiger partial charge in [-0.25, -0.2) is 4.98 Å². The van der Waals surface area contributed by atoms with E-state index in [9.17, 15) is 4.79 Å². The Hall–Kier alpha value is -3.72. The number of furan rings is 1. The first-order valence-electron chi connectivity index (χ1n) is 11.4. The van der Waals surface area contributed by atoms with E-state index in [1.807, 2.05) is 41.3 Å². The number of carbonyl (C=O) groups excluding carboxylic acids is 1. The molecule has 1 N–H and O–H groups in total. The smallest absolute Gasteiger partial charge is 0.219 e. The summed E-state index contributed by atoms with van der Waals surface area (Å²) in [7, 11) is 1.85. The molecule has 0 unspecified atom stereocenters. The van der Waals surface area contributed by atoms with Crippen LogP contribution in [0.2, 0.25) is 0 Å². The van der Waals surface area contributed by atoms with E-state index in [0.717, 1.165) is 69.4 Å². The van der Waals surface area contributed by atoms with Gasteiger partial charge in [0.05, 0.1) is 16.9 Å². The van der Waals surface area contributed by atoms with Crippen LogP contribution in [0.15, 0.2) is 53.5 Å². The Balaban J connectivity index is 1.39. The molecular formula is C25H24N6O2S. The van der Waals surface area contributed by atoms with Crippen molar-refractivity contribution in [1.29, 1.82) is 0 Å². The van der Waals surface area contributed by atoms with Crippen molar-refractivity contribution in [2.75, 3.05) is 25.5 Å². The highest BCUT2D eigenvalue weighted by Gasteiger charge is 2.23. The van der Waals surface area contributed by atoms with Gasteiger partial charge in [0.1, 0.15) is 5.76 Å². The number of nitrogens with one attached hydrogen (secondary N) is 1. The fraction of sp³-hybridized carbons (Fsp3) is 0.280. The van der Waals surface area contributed by atoms with Gasteiger partial charge in [0.25, 0.3) is 0 Å². The van der Waals surface area contributed by atoms with Crippen molar-refractivity contribution in [2.45, 2.75) is 25.8 Å². The van der Waals surface area contributed by atoms with Crippen LogP contribution in [0.25, 0.3) is 43.5 Å². The molecule has 1 fully saturated rings. The molecular weight excluding hydrogens is 448 g/mol. The molecule has 34 heavy (non-hydrogen) atoms. The summed E-state index contributed by atoms with van der Waals surface area (Å²) in [5.41, 5.74) is 3.72. The standard InChI is InChI=1S/C25H24N6O2S/c1-15(32)30-8-6-18(7-9-30)31-14-17(11-28-31)21-13-27-25(26-2)23-20(21)10-22(33-23)19-5-3-4-16-12-29-34-24(16)19/h3-5,10-14,18H,6-9H2,1-2H3,(H,26,27). The molecule has 1 saturated heterocycles. The Morgan fingerprint density at radius 2 is 2.03 bits per heavy atom. The quantitative estimate of drug-likeness (QED) is 0.387. The Morgan fingerprint density at radius 1 is 1.18 bits per heavy atom. The van der Waals surface area contributed by atoms with Gasteiger partial charge in [0.15, 0.2) is 11.4 Å². The maximum Gasteiger partial charge on any atom is 0.219 e. The summed E-state index contributed by atoms with van der Waals surface area (Å²) >= 11 is 1.47. The summed E-state index contributed by atoms with van der Waals surface area (Å²) in [6.07, 6.45) is 9.54. The second-order valence-electron chi connectivity index (χ2n) is 8.62. The number of rotatable bonds is 4. The van der Waals surface area contributed by atoms with E-state index in [2.05, 4.69) is 44.2 Å². The van der Waals surface area contributed by atoms with Crippen molar-refractivity contribution >= 4 is 44.3 Å². The number of piperidine rings is 1. The second kappa shape index (κ2) is 8.25. The van der Waals surface area contributed by atoms with Gasteiger partial charge in [-0.05, 0) is 36.5 Å². The third-order valence-electron chi connectivity index (χ3n) is 6.64. The summed E-state index contributed by atoms with van der Waals surface area (Å²) in [5, 5.41) is 9.91. The van der Waals surface area contributed by atoms with Crippen LogP contribution >= 0.6 is 11.5 Å². The normalized spacial score (nSPS) is 14.8. The van der Waals surface area contributed by atoms with E-state index in [1.165, 1.54) is 11.5 Å². The van der Waals surface area contributed by atoms with Gasteiger partial charge in [0.2, 0.25) is 5.91 Å². The van der Waals surface area contributed by atoms with Gasteiger partial charge in [0, 0.05) is 73.1 Å². The lowest BCUT2D eigenvalue weighted by molar-refractivity contribution is -0.130. The molecule has 4 aromatic heterocycles. The minimum Gasteiger partial charge on any atom is -0.452 e. The van der Waals surface area contributed by atoms with Crippen molar-refractivity contribution in [3.63, 3.8) is 0 Å². The SMILES string of the molecule is CNc1ncc(-c2cnn(C3CCN(C(C)=O)CC3)c2)c2cc(-c3cccc4cnsc34)oc12. The van der Waals surface area contributed by atoms with E-state index in [-0.39, 0.29) is 11.9 Å². The molecule has 0 aliphatic carbocycles. The maximum atomic E-state index is 11.6. The largest absolute Gasteiger partial charge is 0.452 e. The molecule has 1 amide bonds. The first kappa shape index (κ1) is 20.9. The zero-order chi connectivity index (χ0) is 23.2. The van der Waals surface area contributed by atoms with Crippen LogP contribution in [0.1, 0.15) is 25.8 Å². The Morgan fingerprint density at radius 3 is 2.82 bits per heavy atom. The number of nitrogens with zero attached hydrogens (tertiary/aromatic N) is 5. The molecule has 8 nitrogen and oxygen atoms in total. The van der Waals surface area contributed by atoms with E-state index in [4.69, 9.17) is 4.42 Å². The van der Waals surface area contributed by atoms with Crippen molar-refractivity contribution in [2.24, 2.45) is 0 Å². The third kappa shape index (κ3) is 3.43. The van der Waals surface area contributed by atoms with Crippen LogP contribution < -0.4 is 5.32 Å². The highest BCUT2D eigenvalue weighted by atomic mass is 32.1. The number of benzene rings is 1. The number of carbonyl (C=O) groups is 1. The minimum atomic E-state index is 0.141. The predicted molar refractivity (Wildman–Crippen MR) is 134 cm³/mol. The number of fused-ring (bicyclic) bond motifs is 2. The highest BCUT2D eigenvalue weighted by molar-refractivity contribution is 7.13. The number of aromatic nitrogens is 4. The molecule has 0 bridgehead atoms. The first-order chi connectivity index (χ1) is 16.6. The van der Waals surface area contributed by atoms with Crippen LogP contribution in [-0.4, -0.2) is 50.1 Å². The van der Waals surface area contributed by atoms with Gasteiger partial charge in [-0.15, -0.1) is 0 Å². The van der Waals surface area contributed by atoms with E-state index in [0.29, 0.717) is 5.82 Å². The number of anilines is 1. The minimum absolute atomic E-state index is 0.141. The summed E-state index contributed by atoms with van der Waals surface area (Å²) in [6, 6.07) is 8.53. The zero-order valence-corrected chi connectivity index (χ0v) is 19.8. The monoisotopic (exact) mass is 472 g/mol. The number of likely N-dealkylation sites (tertiary alicyclic amines) is 1. The number of pyridine rings is 1. The first-order valence-corrected chi connectivity index (χ1v) is 12.1. The lowest BCUT2D eigenvalue weighted by Crippen LogP contribution is -2.37. The Labute approximate surface area is 200 Å². The van der Waals surface area contributed by atoms with Crippen LogP contribution in [0.4, 0.5) is 5.82 Å². The van der Waals surface area contributed by atoms with Gasteiger partial charge in [-0.3, -0.25) is 9.48 Å². The molecule has 0 atom stereocenters. The van der Waals surface area contributed by atoms with Gasteiger partial charge in [-0.2, -0.15) is 9.47 Å². The van der Waals surface area contributed by atoms with Crippen LogP contribution in [-0.2, 0) is 4.79 Å². The molecule has 9 heteroatoms. The van der Waals surface area contributed by atoms with Gasteiger partial charge in [-0.1, -0.05) is 12.1 Å². The summed E-state index contributed by atoms with van der Waals surface area (Å²) in [6.45, 7) is 3.17. The fourth-order valence-electron chi connectivity index (χ4n) is 4.78. The topological polar surface area (TPSA) is 89.1 Å². The molecule has 0 saturated carbocycles. The Bertz CT molecular complexity index is 1510. The Kier molecular flexibility index (Phi) is 5.06. The molecule has 172 valence electrons. The number of hydrogen-bond donors (Lipinski definition) is 1. The second-order valence-corrected chi connectivity index (χ2v) is 9.42. The third-order valence-corrected chi connectivity index (χ3v) is 7.49. The molecule has 1 aliphatic heterocycles. The van der Waals surface area contributed by atoms with E-state index >= 15 is 0 Å². The fourth-order valence-corrected chi connectivity index (χ4v) is 5.54. The zero-order valence-electron chi connectivity index (χ0n) is 19.0. The summed E-state index contributed by atoms with van der Waals surface area (Å²) in [4.78, 5) is 18.2. The van der Waals surface area contributed by atoms with Gasteiger partial charge < -0.3 is 14.6 Å². The predicted octanol–water partition coefficient (Wildman–Crippen LogP) is 5.19. The number of amides is 1. The maximum absolute atomic E-state index is 11.6. The van der Waals surface area contributed by atoms with E-state index < -0.39 is 0 Å². The van der Waals surface area contributed by atoms with E-state index in [1.54, 1.807) is 6.92 Å².